The molecular formula is C10H10FN5. The summed E-state index contributed by atoms with van der Waals surface area (Å²) in [7, 11) is 0. The van der Waals surface area contributed by atoms with Gasteiger partial charge in [0.05, 0.1) is 11.6 Å². The number of hydrogen-bond acceptors (Lipinski definition) is 5. The van der Waals surface area contributed by atoms with Gasteiger partial charge in [-0.05, 0) is 24.5 Å². The molecule has 0 fully saturated rings. The fraction of sp³-hybridized carbons (Fsp3) is 0.300. The van der Waals surface area contributed by atoms with Gasteiger partial charge in [-0.25, -0.2) is 9.38 Å². The first kappa shape index (κ1) is 10.4. The van der Waals surface area contributed by atoms with Gasteiger partial charge in [0.1, 0.15) is 11.9 Å². The molecule has 82 valence electrons. The molecule has 1 unspecified atom stereocenters. The summed E-state index contributed by atoms with van der Waals surface area (Å²) in [4.78, 5) is 3.85. The van der Waals surface area contributed by atoms with Crippen molar-refractivity contribution < 1.29 is 4.39 Å². The van der Waals surface area contributed by atoms with E-state index in [1.165, 1.54) is 6.08 Å². The predicted octanol–water partition coefficient (Wildman–Crippen LogP) is 0.726. The van der Waals surface area contributed by atoms with E-state index in [9.17, 15) is 4.39 Å². The van der Waals surface area contributed by atoms with Gasteiger partial charge in [0, 0.05) is 6.21 Å². The molecule has 3 N–H and O–H groups in total. The lowest BCUT2D eigenvalue weighted by Crippen LogP contribution is -2.35. The maximum atomic E-state index is 13.4. The molecule has 5 nitrogen and oxygen atoms in total. The van der Waals surface area contributed by atoms with E-state index in [0.29, 0.717) is 12.8 Å². The summed E-state index contributed by atoms with van der Waals surface area (Å²) in [5.74, 6) is -0.317. The van der Waals surface area contributed by atoms with E-state index in [2.05, 4.69) is 15.5 Å². The van der Waals surface area contributed by atoms with Crippen molar-refractivity contribution in [3.8, 4) is 6.07 Å². The largest absolute Gasteiger partial charge is 0.367 e. The van der Waals surface area contributed by atoms with Crippen molar-refractivity contribution in [1.82, 2.24) is 5.43 Å². The maximum Gasteiger partial charge on any atom is 0.237 e. The summed E-state index contributed by atoms with van der Waals surface area (Å²) >= 11 is 0. The second-order valence-electron chi connectivity index (χ2n) is 3.51. The smallest absolute Gasteiger partial charge is 0.237 e. The first-order valence-corrected chi connectivity index (χ1v) is 4.83. The highest BCUT2D eigenvalue weighted by Crippen LogP contribution is 2.26. The molecular weight excluding hydrogens is 209 g/mol. The molecule has 0 radical (unpaired) electrons. The molecule has 0 aromatic heterocycles. The number of nitrogens with zero attached hydrogens (tertiary/aromatic N) is 3. The van der Waals surface area contributed by atoms with Crippen molar-refractivity contribution >= 4 is 12.2 Å². The van der Waals surface area contributed by atoms with Gasteiger partial charge < -0.3 is 5.73 Å². The Kier molecular flexibility index (Phi) is 2.68. The van der Waals surface area contributed by atoms with Crippen LogP contribution in [-0.4, -0.2) is 18.2 Å². The van der Waals surface area contributed by atoms with Crippen LogP contribution in [0.3, 0.4) is 0 Å². The second-order valence-corrected chi connectivity index (χ2v) is 3.51. The summed E-state index contributed by atoms with van der Waals surface area (Å²) < 4.78 is 13.4. The number of allylic oxidation sites excluding steroid dienone is 3. The fourth-order valence-corrected chi connectivity index (χ4v) is 1.59. The predicted molar refractivity (Wildman–Crippen MR) is 58.1 cm³/mol. The number of hydrogen-bond donors (Lipinski definition) is 2. The SMILES string of the molecule is N#CC1=C(F)C=C(C2C=NC(N)=NN2)CC1. The first-order valence-electron chi connectivity index (χ1n) is 4.83. The zero-order valence-electron chi connectivity index (χ0n) is 8.44. The van der Waals surface area contributed by atoms with Crippen LogP contribution in [0.15, 0.2) is 33.1 Å². The van der Waals surface area contributed by atoms with E-state index in [4.69, 9.17) is 11.0 Å². The van der Waals surface area contributed by atoms with E-state index in [1.54, 1.807) is 6.21 Å². The third-order valence-corrected chi connectivity index (χ3v) is 2.47. The first-order chi connectivity index (χ1) is 7.70. The van der Waals surface area contributed by atoms with Crippen LogP contribution in [0.5, 0.6) is 0 Å². The quantitative estimate of drug-likeness (QED) is 0.681. The van der Waals surface area contributed by atoms with Gasteiger partial charge in [0.15, 0.2) is 0 Å². The van der Waals surface area contributed by atoms with Crippen molar-refractivity contribution in [3.05, 3.63) is 23.0 Å². The Morgan fingerprint density at radius 2 is 2.38 bits per heavy atom. The van der Waals surface area contributed by atoms with Crippen LogP contribution in [0.2, 0.25) is 0 Å². The molecule has 1 aliphatic carbocycles. The molecule has 1 aliphatic heterocycles. The van der Waals surface area contributed by atoms with E-state index >= 15 is 0 Å². The van der Waals surface area contributed by atoms with E-state index in [0.717, 1.165) is 5.57 Å². The van der Waals surface area contributed by atoms with Gasteiger partial charge in [-0.15, -0.1) is 5.10 Å². The third-order valence-electron chi connectivity index (χ3n) is 2.47. The van der Waals surface area contributed by atoms with Crippen LogP contribution in [0.25, 0.3) is 0 Å². The topological polar surface area (TPSA) is 86.6 Å². The van der Waals surface area contributed by atoms with Crippen molar-refractivity contribution in [1.29, 1.82) is 5.26 Å². The molecule has 2 aliphatic rings. The minimum Gasteiger partial charge on any atom is -0.367 e. The Balaban J connectivity index is 2.17. The molecule has 0 aromatic carbocycles. The Hall–Kier alpha value is -2.16. The fourth-order valence-electron chi connectivity index (χ4n) is 1.59. The third kappa shape index (κ3) is 1.93. The van der Waals surface area contributed by atoms with Crippen molar-refractivity contribution in [2.45, 2.75) is 18.9 Å². The van der Waals surface area contributed by atoms with Crippen molar-refractivity contribution in [2.24, 2.45) is 15.8 Å². The highest BCUT2D eigenvalue weighted by molar-refractivity contribution is 5.90. The number of nitriles is 1. The number of aliphatic imine (C=N–C) groups is 1. The van der Waals surface area contributed by atoms with Gasteiger partial charge in [-0.3, -0.25) is 5.43 Å². The molecule has 2 rings (SSSR count). The highest BCUT2D eigenvalue weighted by atomic mass is 19.1. The summed E-state index contributed by atoms with van der Waals surface area (Å²) in [6.45, 7) is 0. The van der Waals surface area contributed by atoms with E-state index in [-0.39, 0.29) is 17.6 Å². The van der Waals surface area contributed by atoms with Gasteiger partial charge in [-0.1, -0.05) is 0 Å². The average molecular weight is 219 g/mol. The Bertz CT molecular complexity index is 466. The normalized spacial score (nSPS) is 24.4. The summed E-state index contributed by atoms with van der Waals surface area (Å²) in [5.41, 5.74) is 9.12. The molecule has 0 saturated carbocycles. The minimum absolute atomic E-state index is 0.154. The van der Waals surface area contributed by atoms with Crippen LogP contribution < -0.4 is 11.2 Å². The van der Waals surface area contributed by atoms with Crippen LogP contribution in [0, 0.1) is 11.3 Å². The Morgan fingerprint density at radius 3 is 2.94 bits per heavy atom. The van der Waals surface area contributed by atoms with Crippen molar-refractivity contribution in [2.75, 3.05) is 0 Å². The molecule has 0 saturated heterocycles. The van der Waals surface area contributed by atoms with E-state index in [1.807, 2.05) is 6.07 Å². The highest BCUT2D eigenvalue weighted by Gasteiger charge is 2.20. The lowest BCUT2D eigenvalue weighted by molar-refractivity contribution is 0.617. The zero-order valence-corrected chi connectivity index (χ0v) is 8.44. The number of nitrogens with two attached hydrogens (primary N) is 1. The summed E-state index contributed by atoms with van der Waals surface area (Å²) in [6, 6.07) is 1.60. The average Bonchev–Trinajstić information content (AvgIpc) is 2.30. The van der Waals surface area contributed by atoms with Gasteiger partial charge >= 0.3 is 0 Å². The van der Waals surface area contributed by atoms with Crippen molar-refractivity contribution in [3.63, 3.8) is 0 Å². The summed E-state index contributed by atoms with van der Waals surface area (Å²) in [5, 5.41) is 12.4. The molecule has 0 amide bonds. The molecule has 0 aromatic rings. The number of hydrazone groups is 1. The number of halogens is 1. The molecule has 1 heterocycles. The lowest BCUT2D eigenvalue weighted by Gasteiger charge is -2.21. The molecule has 0 spiro atoms. The summed E-state index contributed by atoms with van der Waals surface area (Å²) in [6.07, 6.45) is 3.98. The van der Waals surface area contributed by atoms with Crippen LogP contribution in [0.1, 0.15) is 12.8 Å². The Morgan fingerprint density at radius 1 is 1.56 bits per heavy atom. The van der Waals surface area contributed by atoms with Gasteiger partial charge in [0.25, 0.3) is 0 Å². The molecule has 6 heteroatoms. The molecule has 1 atom stereocenters. The van der Waals surface area contributed by atoms with Gasteiger partial charge in [-0.2, -0.15) is 5.26 Å². The minimum atomic E-state index is -0.471. The molecule has 16 heavy (non-hydrogen) atoms. The number of nitrogens with one attached hydrogen (secondary N) is 1. The monoisotopic (exact) mass is 219 g/mol. The Labute approximate surface area is 91.8 Å². The zero-order chi connectivity index (χ0) is 11.5. The van der Waals surface area contributed by atoms with Crippen LogP contribution in [0.4, 0.5) is 4.39 Å². The number of guanidine groups is 1. The standard InChI is InChI=1S/C10H10FN5/c11-8-3-6(1-2-7(8)4-12)9-5-14-10(13)16-15-9/h3,5,9,15H,1-2H2,(H2,13,16). The molecule has 0 bridgehead atoms. The van der Waals surface area contributed by atoms with Crippen LogP contribution >= 0.6 is 0 Å². The van der Waals surface area contributed by atoms with Gasteiger partial charge in [0.2, 0.25) is 5.96 Å². The number of rotatable bonds is 1. The maximum absolute atomic E-state index is 13.4. The second kappa shape index (κ2) is 4.14. The van der Waals surface area contributed by atoms with E-state index < -0.39 is 5.83 Å². The lowest BCUT2D eigenvalue weighted by atomic mass is 9.94. The van der Waals surface area contributed by atoms with Crippen LogP contribution in [-0.2, 0) is 0 Å².